The third-order valence-electron chi connectivity index (χ3n) is 2.65. The normalized spacial score (nSPS) is 10.5. The Balaban J connectivity index is 2.45. The summed E-state index contributed by atoms with van der Waals surface area (Å²) in [4.78, 5) is 0. The smallest absolute Gasteiger partial charge is 0.178 e. The summed E-state index contributed by atoms with van der Waals surface area (Å²) < 4.78 is 2.37. The van der Waals surface area contributed by atoms with Crippen LogP contribution in [0.25, 0.3) is 0 Å². The highest BCUT2D eigenvalue weighted by Gasteiger charge is 2.04. The van der Waals surface area contributed by atoms with Crippen molar-refractivity contribution >= 4 is 0 Å². The van der Waals surface area contributed by atoms with Gasteiger partial charge in [0.05, 0.1) is 0 Å². The van der Waals surface area contributed by atoms with Crippen LogP contribution in [0.4, 0.5) is 0 Å². The topological polar surface area (TPSA) is 3.88 Å². The number of aryl methyl sites for hydroxylation is 3. The lowest BCUT2D eigenvalue weighted by atomic mass is 10.2. The number of aromatic nitrogens is 1. The van der Waals surface area contributed by atoms with Crippen LogP contribution in [0.15, 0.2) is 18.3 Å². The molecule has 78 valence electrons. The van der Waals surface area contributed by atoms with Gasteiger partial charge in [-0.25, -0.2) is 4.57 Å². The summed E-state index contributed by atoms with van der Waals surface area (Å²) in [6, 6.07) is 4.38. The molecule has 14 heavy (non-hydrogen) atoms. The summed E-state index contributed by atoms with van der Waals surface area (Å²) in [6.45, 7) is 7.76. The molecular formula is C13H22N+. The van der Waals surface area contributed by atoms with Crippen molar-refractivity contribution in [3.63, 3.8) is 0 Å². The first kappa shape index (κ1) is 11.2. The van der Waals surface area contributed by atoms with E-state index in [4.69, 9.17) is 0 Å². The van der Waals surface area contributed by atoms with E-state index >= 15 is 0 Å². The maximum absolute atomic E-state index is 2.37. The molecule has 1 nitrogen and oxygen atoms in total. The number of hydrogen-bond donors (Lipinski definition) is 0. The van der Waals surface area contributed by atoms with Crippen LogP contribution >= 0.6 is 0 Å². The molecule has 1 aromatic rings. The molecule has 0 unspecified atom stereocenters. The van der Waals surface area contributed by atoms with Gasteiger partial charge >= 0.3 is 0 Å². The standard InChI is InChI=1S/C13H22N/c1-4-5-6-7-10-14-11-12(2)8-9-13(14)3/h8-9,11H,4-7,10H2,1-3H3/q+1. The van der Waals surface area contributed by atoms with Gasteiger partial charge < -0.3 is 0 Å². The third kappa shape index (κ3) is 3.49. The molecule has 0 aliphatic rings. The molecule has 0 amide bonds. The lowest BCUT2D eigenvalue weighted by Crippen LogP contribution is -2.36. The molecule has 0 saturated heterocycles. The molecule has 1 heterocycles. The van der Waals surface area contributed by atoms with E-state index in [9.17, 15) is 0 Å². The van der Waals surface area contributed by atoms with Crippen molar-refractivity contribution < 1.29 is 4.57 Å². The molecule has 0 N–H and O–H groups in total. The number of nitrogens with zero attached hydrogens (tertiary/aromatic N) is 1. The molecule has 1 aromatic heterocycles. The summed E-state index contributed by atoms with van der Waals surface area (Å²) in [5, 5.41) is 0. The van der Waals surface area contributed by atoms with Crippen LogP contribution in [-0.2, 0) is 6.54 Å². The predicted octanol–water partition coefficient (Wildman–Crippen LogP) is 3.17. The van der Waals surface area contributed by atoms with Crippen molar-refractivity contribution in [1.29, 1.82) is 0 Å². The fraction of sp³-hybridized carbons (Fsp3) is 0.615. The number of pyridine rings is 1. The Morgan fingerprint density at radius 1 is 1.07 bits per heavy atom. The van der Waals surface area contributed by atoms with Crippen LogP contribution < -0.4 is 4.57 Å². The van der Waals surface area contributed by atoms with Crippen LogP contribution in [0.5, 0.6) is 0 Å². The third-order valence-corrected chi connectivity index (χ3v) is 2.65. The zero-order valence-electron chi connectivity index (χ0n) is 9.71. The van der Waals surface area contributed by atoms with Gasteiger partial charge in [0.1, 0.15) is 6.54 Å². The zero-order chi connectivity index (χ0) is 10.4. The van der Waals surface area contributed by atoms with Gasteiger partial charge in [-0.1, -0.05) is 19.8 Å². The van der Waals surface area contributed by atoms with E-state index in [2.05, 4.69) is 43.7 Å². The highest BCUT2D eigenvalue weighted by atomic mass is 14.9. The molecule has 0 bridgehead atoms. The van der Waals surface area contributed by atoms with Crippen molar-refractivity contribution in [2.45, 2.75) is 53.0 Å². The molecule has 0 aliphatic carbocycles. The number of rotatable bonds is 5. The van der Waals surface area contributed by atoms with Crippen LogP contribution in [0, 0.1) is 13.8 Å². The largest absolute Gasteiger partial charge is 0.202 e. The van der Waals surface area contributed by atoms with Gasteiger partial charge in [-0.05, 0) is 19.4 Å². The van der Waals surface area contributed by atoms with E-state index < -0.39 is 0 Å². The maximum atomic E-state index is 2.37. The van der Waals surface area contributed by atoms with Gasteiger partial charge in [-0.15, -0.1) is 0 Å². The fourth-order valence-electron chi connectivity index (χ4n) is 1.69. The van der Waals surface area contributed by atoms with Gasteiger partial charge in [0.25, 0.3) is 0 Å². The Bertz CT molecular complexity index is 279. The molecule has 0 saturated carbocycles. The van der Waals surface area contributed by atoms with Crippen molar-refractivity contribution in [2.75, 3.05) is 0 Å². The first-order valence-electron chi connectivity index (χ1n) is 5.70. The van der Waals surface area contributed by atoms with Crippen molar-refractivity contribution in [1.82, 2.24) is 0 Å². The van der Waals surface area contributed by atoms with Crippen molar-refractivity contribution in [3.8, 4) is 0 Å². The molecule has 0 aromatic carbocycles. The van der Waals surface area contributed by atoms with Gasteiger partial charge in [-0.3, -0.25) is 0 Å². The first-order valence-corrected chi connectivity index (χ1v) is 5.70. The second-order valence-corrected chi connectivity index (χ2v) is 4.10. The summed E-state index contributed by atoms with van der Waals surface area (Å²) >= 11 is 0. The van der Waals surface area contributed by atoms with Crippen LogP contribution in [0.1, 0.15) is 43.9 Å². The van der Waals surface area contributed by atoms with Gasteiger partial charge in [0.2, 0.25) is 0 Å². The van der Waals surface area contributed by atoms with Crippen molar-refractivity contribution in [3.05, 3.63) is 29.6 Å². The van der Waals surface area contributed by atoms with E-state index in [1.807, 2.05) is 0 Å². The van der Waals surface area contributed by atoms with Gasteiger partial charge in [0.15, 0.2) is 11.9 Å². The summed E-state index contributed by atoms with van der Waals surface area (Å²) in [5.41, 5.74) is 2.72. The maximum Gasteiger partial charge on any atom is 0.178 e. The summed E-state index contributed by atoms with van der Waals surface area (Å²) in [6.07, 6.45) is 7.60. The van der Waals surface area contributed by atoms with Crippen LogP contribution in [0.2, 0.25) is 0 Å². The van der Waals surface area contributed by atoms with E-state index in [1.54, 1.807) is 0 Å². The average Bonchev–Trinajstić information content (AvgIpc) is 2.18. The molecule has 0 aliphatic heterocycles. The van der Waals surface area contributed by atoms with Crippen LogP contribution in [0.3, 0.4) is 0 Å². The van der Waals surface area contributed by atoms with E-state index in [1.165, 1.54) is 43.5 Å². The quantitative estimate of drug-likeness (QED) is 0.498. The highest BCUT2D eigenvalue weighted by molar-refractivity contribution is 5.05. The van der Waals surface area contributed by atoms with Gasteiger partial charge in [0, 0.05) is 25.0 Å². The number of hydrogen-bond acceptors (Lipinski definition) is 0. The zero-order valence-corrected chi connectivity index (χ0v) is 9.71. The predicted molar refractivity (Wildman–Crippen MR) is 60.3 cm³/mol. The first-order chi connectivity index (χ1) is 6.74. The van der Waals surface area contributed by atoms with E-state index in [-0.39, 0.29) is 0 Å². The Labute approximate surface area is 87.8 Å². The second kappa shape index (κ2) is 5.79. The van der Waals surface area contributed by atoms with E-state index in [0.29, 0.717) is 0 Å². The van der Waals surface area contributed by atoms with Crippen molar-refractivity contribution in [2.24, 2.45) is 0 Å². The minimum Gasteiger partial charge on any atom is -0.202 e. The second-order valence-electron chi connectivity index (χ2n) is 4.10. The Kier molecular flexibility index (Phi) is 4.64. The minimum atomic E-state index is 1.17. The molecule has 1 rings (SSSR count). The van der Waals surface area contributed by atoms with Crippen LogP contribution in [-0.4, -0.2) is 0 Å². The fourth-order valence-corrected chi connectivity index (χ4v) is 1.69. The Hall–Kier alpha value is -0.850. The highest BCUT2D eigenvalue weighted by Crippen LogP contribution is 2.00. The minimum absolute atomic E-state index is 1.17. The lowest BCUT2D eigenvalue weighted by molar-refractivity contribution is -0.703. The molecule has 0 fully saturated rings. The molecule has 0 spiro atoms. The molecular weight excluding hydrogens is 170 g/mol. The number of unbranched alkanes of at least 4 members (excludes halogenated alkanes) is 3. The lowest BCUT2D eigenvalue weighted by Gasteiger charge is -2.01. The van der Waals surface area contributed by atoms with E-state index in [0.717, 1.165) is 0 Å². The van der Waals surface area contributed by atoms with Gasteiger partial charge in [-0.2, -0.15) is 0 Å². The Morgan fingerprint density at radius 2 is 1.86 bits per heavy atom. The monoisotopic (exact) mass is 192 g/mol. The molecule has 0 radical (unpaired) electrons. The Morgan fingerprint density at radius 3 is 2.57 bits per heavy atom. The molecule has 1 heteroatoms. The summed E-state index contributed by atoms with van der Waals surface area (Å²) in [5.74, 6) is 0. The average molecular weight is 192 g/mol. The molecule has 0 atom stereocenters. The summed E-state index contributed by atoms with van der Waals surface area (Å²) in [7, 11) is 0. The SMILES string of the molecule is CCCCCC[n+]1cc(C)ccc1C.